The van der Waals surface area contributed by atoms with Crippen molar-refractivity contribution in [2.24, 2.45) is 13.0 Å². The Morgan fingerprint density at radius 2 is 1.83 bits per heavy atom. The van der Waals surface area contributed by atoms with Gasteiger partial charge in [-0.15, -0.1) is 0 Å². The van der Waals surface area contributed by atoms with Gasteiger partial charge >= 0.3 is 0 Å². The average molecular weight is 412 g/mol. The van der Waals surface area contributed by atoms with Crippen molar-refractivity contribution in [3.63, 3.8) is 0 Å². The zero-order valence-electron chi connectivity index (χ0n) is 17.2. The summed E-state index contributed by atoms with van der Waals surface area (Å²) in [6.45, 7) is 6.43. The Morgan fingerprint density at radius 1 is 1.14 bits per heavy atom. The number of nitrogens with zero attached hydrogens (tertiary/aromatic N) is 3. The van der Waals surface area contributed by atoms with Crippen LogP contribution in [0.5, 0.6) is 0 Å². The predicted octanol–water partition coefficient (Wildman–Crippen LogP) is 4.72. The third-order valence-electron chi connectivity index (χ3n) is 5.01. The maximum Gasteiger partial charge on any atom is 0.261 e. The number of benzene rings is 2. The highest BCUT2D eigenvalue weighted by atomic mass is 35.5. The number of aromatic nitrogens is 2. The normalized spacial score (nSPS) is 12.3. The van der Waals surface area contributed by atoms with Crippen LogP contribution in [0.1, 0.15) is 44.6 Å². The Labute approximate surface area is 175 Å². The van der Waals surface area contributed by atoms with Crippen molar-refractivity contribution < 1.29 is 4.79 Å². The van der Waals surface area contributed by atoms with Crippen molar-refractivity contribution in [3.05, 3.63) is 75.3 Å². The lowest BCUT2D eigenvalue weighted by Crippen LogP contribution is -2.37. The molecule has 1 heterocycles. The van der Waals surface area contributed by atoms with Crippen LogP contribution in [0, 0.1) is 5.92 Å². The molecule has 1 unspecified atom stereocenters. The number of carbonyl (C=O) groups excluding carboxylic acids is 1. The lowest BCUT2D eigenvalue weighted by molar-refractivity contribution is -0.135. The van der Waals surface area contributed by atoms with Gasteiger partial charge in [0, 0.05) is 25.0 Å². The molecule has 0 aliphatic carbocycles. The van der Waals surface area contributed by atoms with E-state index in [4.69, 9.17) is 16.6 Å². The van der Waals surface area contributed by atoms with Gasteiger partial charge in [0.2, 0.25) is 5.91 Å². The van der Waals surface area contributed by atoms with Crippen LogP contribution in [0.15, 0.2) is 53.3 Å². The maximum atomic E-state index is 13.1. The second kappa shape index (κ2) is 8.78. The molecule has 0 N–H and O–H groups in total. The largest absolute Gasteiger partial charge is 0.328 e. The molecule has 0 saturated heterocycles. The molecule has 1 aromatic heterocycles. The van der Waals surface area contributed by atoms with Crippen LogP contribution in [0.4, 0.5) is 0 Å². The van der Waals surface area contributed by atoms with Gasteiger partial charge in [-0.05, 0) is 36.6 Å². The van der Waals surface area contributed by atoms with Crippen molar-refractivity contribution in [2.75, 3.05) is 0 Å². The van der Waals surface area contributed by atoms with Gasteiger partial charge in [-0.1, -0.05) is 55.8 Å². The Morgan fingerprint density at radius 3 is 2.48 bits per heavy atom. The first-order chi connectivity index (χ1) is 13.8. The number of hydrogen-bond donors (Lipinski definition) is 0. The summed E-state index contributed by atoms with van der Waals surface area (Å²) in [6, 6.07) is 14.6. The summed E-state index contributed by atoms with van der Waals surface area (Å²) in [6.07, 6.45) is 0.439. The number of fused-ring (bicyclic) bond motifs is 1. The van der Waals surface area contributed by atoms with Crippen LogP contribution >= 0.6 is 11.6 Å². The van der Waals surface area contributed by atoms with Gasteiger partial charge in [-0.2, -0.15) is 0 Å². The molecule has 0 aliphatic rings. The summed E-state index contributed by atoms with van der Waals surface area (Å²) in [5.74, 6) is 0.836. The minimum Gasteiger partial charge on any atom is -0.328 e. The van der Waals surface area contributed by atoms with Crippen molar-refractivity contribution in [1.82, 2.24) is 14.5 Å². The van der Waals surface area contributed by atoms with E-state index in [1.807, 2.05) is 51.1 Å². The summed E-state index contributed by atoms with van der Waals surface area (Å²) in [5, 5.41) is 0.967. The van der Waals surface area contributed by atoms with Gasteiger partial charge in [0.05, 0.1) is 16.9 Å². The van der Waals surface area contributed by atoms with Gasteiger partial charge < -0.3 is 4.90 Å². The lowest BCUT2D eigenvalue weighted by Gasteiger charge is -2.31. The highest BCUT2D eigenvalue weighted by molar-refractivity contribution is 6.31. The van der Waals surface area contributed by atoms with E-state index >= 15 is 0 Å². The van der Waals surface area contributed by atoms with Crippen molar-refractivity contribution in [2.45, 2.75) is 39.8 Å². The van der Waals surface area contributed by atoms with E-state index in [0.29, 0.717) is 34.7 Å². The molecule has 5 nitrogen and oxygen atoms in total. The van der Waals surface area contributed by atoms with Gasteiger partial charge in [0.1, 0.15) is 5.82 Å². The number of carbonyl (C=O) groups is 1. The molecule has 0 radical (unpaired) electrons. The number of hydrogen-bond acceptors (Lipinski definition) is 3. The highest BCUT2D eigenvalue weighted by Gasteiger charge is 2.26. The van der Waals surface area contributed by atoms with Crippen LogP contribution in [-0.4, -0.2) is 20.4 Å². The molecule has 0 aliphatic heterocycles. The zero-order chi connectivity index (χ0) is 21.1. The fraction of sp³-hybridized carbons (Fsp3) is 0.348. The molecule has 3 rings (SSSR count). The van der Waals surface area contributed by atoms with Gasteiger partial charge in [0.25, 0.3) is 5.56 Å². The number of halogens is 1. The van der Waals surface area contributed by atoms with Crippen molar-refractivity contribution in [1.29, 1.82) is 0 Å². The summed E-state index contributed by atoms with van der Waals surface area (Å²) in [7, 11) is 1.69. The monoisotopic (exact) mass is 411 g/mol. The lowest BCUT2D eigenvalue weighted by atomic mass is 10.1. The van der Waals surface area contributed by atoms with E-state index in [9.17, 15) is 9.59 Å². The molecule has 3 aromatic rings. The van der Waals surface area contributed by atoms with Gasteiger partial charge in [-0.3, -0.25) is 14.2 Å². The second-order valence-corrected chi connectivity index (χ2v) is 8.21. The van der Waals surface area contributed by atoms with E-state index in [0.717, 1.165) is 5.56 Å². The first-order valence-electron chi connectivity index (χ1n) is 9.77. The standard InChI is InChI=1S/C23H26ClN3O2/c1-15(2)12-21(28)27(14-17-8-6-5-7-9-17)16(3)22-25-20-11-10-18(24)13-19(20)23(29)26(22)4/h5-11,13,15-16H,12,14H2,1-4H3. The van der Waals surface area contributed by atoms with Gasteiger partial charge in [-0.25, -0.2) is 4.98 Å². The molecule has 2 aromatic carbocycles. The van der Waals surface area contributed by atoms with Crippen LogP contribution in [0.25, 0.3) is 10.9 Å². The summed E-state index contributed by atoms with van der Waals surface area (Å²) in [5.41, 5.74) is 1.44. The molecule has 6 heteroatoms. The molecule has 1 amide bonds. The molecule has 0 spiro atoms. The van der Waals surface area contributed by atoms with Crippen LogP contribution in [-0.2, 0) is 18.4 Å². The molecular formula is C23H26ClN3O2. The predicted molar refractivity (Wildman–Crippen MR) is 117 cm³/mol. The first-order valence-corrected chi connectivity index (χ1v) is 10.1. The van der Waals surface area contributed by atoms with Crippen LogP contribution in [0.2, 0.25) is 5.02 Å². The Bertz CT molecular complexity index is 1080. The van der Waals surface area contributed by atoms with E-state index in [-0.39, 0.29) is 23.4 Å². The van der Waals surface area contributed by atoms with Crippen LogP contribution in [0.3, 0.4) is 0 Å². The molecule has 0 bridgehead atoms. The second-order valence-electron chi connectivity index (χ2n) is 7.78. The Hall–Kier alpha value is -2.66. The SMILES string of the molecule is CC(C)CC(=O)N(Cc1ccccc1)C(C)c1nc2ccc(Cl)cc2c(=O)n1C. The van der Waals surface area contributed by atoms with E-state index < -0.39 is 0 Å². The summed E-state index contributed by atoms with van der Waals surface area (Å²) in [4.78, 5) is 32.5. The third-order valence-corrected chi connectivity index (χ3v) is 5.25. The minimum absolute atomic E-state index is 0.0433. The molecular weight excluding hydrogens is 386 g/mol. The Balaban J connectivity index is 2.05. The smallest absolute Gasteiger partial charge is 0.261 e. The van der Waals surface area contributed by atoms with Crippen molar-refractivity contribution >= 4 is 28.4 Å². The maximum absolute atomic E-state index is 13.1. The molecule has 152 valence electrons. The molecule has 0 saturated carbocycles. The minimum atomic E-state index is -0.362. The van der Waals surface area contributed by atoms with E-state index in [2.05, 4.69) is 0 Å². The van der Waals surface area contributed by atoms with Crippen LogP contribution < -0.4 is 5.56 Å². The fourth-order valence-corrected chi connectivity index (χ4v) is 3.63. The molecule has 0 fully saturated rings. The zero-order valence-corrected chi connectivity index (χ0v) is 18.0. The molecule has 1 atom stereocenters. The summed E-state index contributed by atoms with van der Waals surface area (Å²) < 4.78 is 1.52. The Kier molecular flexibility index (Phi) is 6.38. The third kappa shape index (κ3) is 4.67. The van der Waals surface area contributed by atoms with E-state index in [1.54, 1.807) is 30.1 Å². The van der Waals surface area contributed by atoms with E-state index in [1.165, 1.54) is 4.57 Å². The van der Waals surface area contributed by atoms with Gasteiger partial charge in [0.15, 0.2) is 0 Å². The number of amides is 1. The fourth-order valence-electron chi connectivity index (χ4n) is 3.46. The first kappa shape index (κ1) is 21.1. The summed E-state index contributed by atoms with van der Waals surface area (Å²) >= 11 is 6.05. The van der Waals surface area contributed by atoms with Crippen molar-refractivity contribution in [3.8, 4) is 0 Å². The highest BCUT2D eigenvalue weighted by Crippen LogP contribution is 2.24. The average Bonchev–Trinajstić information content (AvgIpc) is 2.69. The topological polar surface area (TPSA) is 55.2 Å². The molecule has 29 heavy (non-hydrogen) atoms. The quantitative estimate of drug-likeness (QED) is 0.589. The number of rotatable bonds is 6.